The molecule has 6 heteroatoms. The number of carbonyl (C=O) groups is 1. The van der Waals surface area contributed by atoms with E-state index in [1.165, 1.54) is 10.8 Å². The number of fused-ring (bicyclic) bond motifs is 2. The zero-order chi connectivity index (χ0) is 18.5. The molecule has 4 rings (SSSR count). The van der Waals surface area contributed by atoms with Gasteiger partial charge in [-0.25, -0.2) is 9.97 Å². The molecular weight excluding hydrogens is 356 g/mol. The van der Waals surface area contributed by atoms with Crippen molar-refractivity contribution >= 4 is 44.6 Å². The fourth-order valence-electron chi connectivity index (χ4n) is 2.75. The molecule has 5 nitrogen and oxygen atoms in total. The number of nitrogens with zero attached hydrogens (tertiary/aromatic N) is 3. The molecule has 0 saturated heterocycles. The minimum absolute atomic E-state index is 0.130. The van der Waals surface area contributed by atoms with Crippen LogP contribution in [0.15, 0.2) is 60.8 Å². The van der Waals surface area contributed by atoms with Crippen molar-refractivity contribution in [1.82, 2.24) is 20.3 Å². The Morgan fingerprint density at radius 2 is 1.78 bits per heavy atom. The van der Waals surface area contributed by atoms with Crippen LogP contribution < -0.4 is 5.32 Å². The van der Waals surface area contributed by atoms with Crippen LogP contribution in [0.3, 0.4) is 0 Å². The number of thiazole rings is 1. The van der Waals surface area contributed by atoms with Crippen LogP contribution in [0, 0.1) is 0 Å². The molecule has 1 N–H and O–H groups in total. The van der Waals surface area contributed by atoms with Crippen LogP contribution >= 0.6 is 11.3 Å². The first-order valence-electron chi connectivity index (χ1n) is 8.80. The summed E-state index contributed by atoms with van der Waals surface area (Å²) in [5.41, 5.74) is 3.36. The first-order chi connectivity index (χ1) is 13.3. The molecule has 0 bridgehead atoms. The van der Waals surface area contributed by atoms with Gasteiger partial charge in [0.15, 0.2) is 0 Å². The van der Waals surface area contributed by atoms with E-state index >= 15 is 0 Å². The van der Waals surface area contributed by atoms with Crippen LogP contribution in [-0.4, -0.2) is 27.4 Å². The number of rotatable bonds is 6. The molecule has 4 aromatic rings. The third kappa shape index (κ3) is 4.35. The highest BCUT2D eigenvalue weighted by Gasteiger charge is 2.03. The number of nitrogens with one attached hydrogen (secondary N) is 1. The molecule has 0 saturated carbocycles. The molecule has 2 aromatic heterocycles. The Hall–Kier alpha value is -3.12. The summed E-state index contributed by atoms with van der Waals surface area (Å²) in [4.78, 5) is 25.4. The first-order valence-corrected chi connectivity index (χ1v) is 9.62. The zero-order valence-corrected chi connectivity index (χ0v) is 15.4. The SMILES string of the molecule is O=C(/C=C/c1cnc2ccccc2n1)NCCCc1nc2ccccc2s1. The Morgan fingerprint density at radius 3 is 2.63 bits per heavy atom. The lowest BCUT2D eigenvalue weighted by molar-refractivity contribution is -0.116. The fourth-order valence-corrected chi connectivity index (χ4v) is 3.76. The van der Waals surface area contributed by atoms with E-state index in [1.807, 2.05) is 42.5 Å². The summed E-state index contributed by atoms with van der Waals surface area (Å²) in [6.45, 7) is 0.614. The highest BCUT2D eigenvalue weighted by Crippen LogP contribution is 2.22. The van der Waals surface area contributed by atoms with Crippen LogP contribution in [0.25, 0.3) is 27.3 Å². The second-order valence-corrected chi connectivity index (χ2v) is 7.20. The Morgan fingerprint density at radius 1 is 1.00 bits per heavy atom. The average molecular weight is 374 g/mol. The lowest BCUT2D eigenvalue weighted by Crippen LogP contribution is -2.22. The van der Waals surface area contributed by atoms with Crippen molar-refractivity contribution in [3.63, 3.8) is 0 Å². The van der Waals surface area contributed by atoms with Gasteiger partial charge in [-0.2, -0.15) is 0 Å². The van der Waals surface area contributed by atoms with Gasteiger partial charge in [-0.1, -0.05) is 24.3 Å². The van der Waals surface area contributed by atoms with Gasteiger partial charge in [0.2, 0.25) is 5.91 Å². The van der Waals surface area contributed by atoms with Gasteiger partial charge in [-0.05, 0) is 36.8 Å². The van der Waals surface area contributed by atoms with Gasteiger partial charge >= 0.3 is 0 Å². The largest absolute Gasteiger partial charge is 0.353 e. The standard InChI is InChI=1S/C21H18N4OS/c26-20(12-11-15-14-23-16-6-1-2-7-17(16)24-15)22-13-5-10-21-25-18-8-3-4-9-19(18)27-21/h1-4,6-9,11-12,14H,5,10,13H2,(H,22,26)/b12-11+. The highest BCUT2D eigenvalue weighted by molar-refractivity contribution is 7.18. The molecule has 2 heterocycles. The Balaban J connectivity index is 1.26. The second kappa shape index (κ2) is 8.05. The Labute approximate surface area is 160 Å². The number of aromatic nitrogens is 3. The number of aryl methyl sites for hydroxylation is 1. The van der Waals surface area contributed by atoms with Crippen LogP contribution in [0.5, 0.6) is 0 Å². The van der Waals surface area contributed by atoms with Crippen molar-refractivity contribution in [3.8, 4) is 0 Å². The lowest BCUT2D eigenvalue weighted by Gasteiger charge is -2.01. The van der Waals surface area contributed by atoms with E-state index in [4.69, 9.17) is 0 Å². The van der Waals surface area contributed by atoms with Gasteiger partial charge in [0, 0.05) is 19.0 Å². The van der Waals surface area contributed by atoms with Crippen molar-refractivity contribution < 1.29 is 4.79 Å². The lowest BCUT2D eigenvalue weighted by atomic mass is 10.3. The van der Waals surface area contributed by atoms with E-state index in [1.54, 1.807) is 23.6 Å². The van der Waals surface area contributed by atoms with Gasteiger partial charge in [0.1, 0.15) is 0 Å². The Bertz CT molecular complexity index is 1090. The smallest absolute Gasteiger partial charge is 0.244 e. The number of benzene rings is 2. The maximum Gasteiger partial charge on any atom is 0.244 e. The van der Waals surface area contributed by atoms with Crippen molar-refractivity contribution in [2.24, 2.45) is 0 Å². The summed E-state index contributed by atoms with van der Waals surface area (Å²) in [5.74, 6) is -0.130. The number of hydrogen-bond donors (Lipinski definition) is 1. The molecule has 0 aliphatic rings. The van der Waals surface area contributed by atoms with E-state index < -0.39 is 0 Å². The summed E-state index contributed by atoms with van der Waals surface area (Å²) >= 11 is 1.71. The normalized spacial score (nSPS) is 11.4. The molecule has 0 fully saturated rings. The van der Waals surface area contributed by atoms with Crippen molar-refractivity contribution in [3.05, 3.63) is 71.5 Å². The van der Waals surface area contributed by atoms with E-state index in [-0.39, 0.29) is 5.91 Å². The third-order valence-corrected chi connectivity index (χ3v) is 5.17. The molecule has 0 aliphatic carbocycles. The molecule has 27 heavy (non-hydrogen) atoms. The molecule has 0 unspecified atom stereocenters. The van der Waals surface area contributed by atoms with Crippen LogP contribution in [0.2, 0.25) is 0 Å². The van der Waals surface area contributed by atoms with Crippen molar-refractivity contribution in [1.29, 1.82) is 0 Å². The molecule has 134 valence electrons. The predicted molar refractivity (Wildman–Crippen MR) is 110 cm³/mol. The molecule has 0 atom stereocenters. The van der Waals surface area contributed by atoms with E-state index in [0.29, 0.717) is 12.2 Å². The maximum absolute atomic E-state index is 12.0. The number of hydrogen-bond acceptors (Lipinski definition) is 5. The van der Waals surface area contributed by atoms with E-state index in [0.717, 1.165) is 34.4 Å². The first kappa shape index (κ1) is 17.3. The van der Waals surface area contributed by atoms with Crippen LogP contribution in [0.1, 0.15) is 17.1 Å². The summed E-state index contributed by atoms with van der Waals surface area (Å²) in [5, 5.41) is 4.00. The number of amides is 1. The third-order valence-electron chi connectivity index (χ3n) is 4.08. The van der Waals surface area contributed by atoms with Gasteiger partial charge < -0.3 is 5.32 Å². The monoisotopic (exact) mass is 374 g/mol. The van der Waals surface area contributed by atoms with E-state index in [9.17, 15) is 4.79 Å². The van der Waals surface area contributed by atoms with Gasteiger partial charge in [0.05, 0.1) is 38.1 Å². The van der Waals surface area contributed by atoms with Crippen molar-refractivity contribution in [2.75, 3.05) is 6.54 Å². The summed E-state index contributed by atoms with van der Waals surface area (Å²) < 4.78 is 1.20. The van der Waals surface area contributed by atoms with Gasteiger partial charge in [0.25, 0.3) is 0 Å². The summed E-state index contributed by atoms with van der Waals surface area (Å²) in [7, 11) is 0. The van der Waals surface area contributed by atoms with Crippen molar-refractivity contribution in [2.45, 2.75) is 12.8 Å². The summed E-state index contributed by atoms with van der Waals surface area (Å²) in [6.07, 6.45) is 6.56. The minimum Gasteiger partial charge on any atom is -0.353 e. The fraction of sp³-hybridized carbons (Fsp3) is 0.143. The van der Waals surface area contributed by atoms with Gasteiger partial charge in [-0.3, -0.25) is 9.78 Å². The maximum atomic E-state index is 12.0. The molecule has 0 radical (unpaired) electrons. The molecule has 1 amide bonds. The highest BCUT2D eigenvalue weighted by atomic mass is 32.1. The minimum atomic E-state index is -0.130. The molecule has 0 aliphatic heterocycles. The topological polar surface area (TPSA) is 67.8 Å². The molecule has 0 spiro atoms. The van der Waals surface area contributed by atoms with E-state index in [2.05, 4.69) is 26.3 Å². The second-order valence-electron chi connectivity index (χ2n) is 6.09. The Kier molecular flexibility index (Phi) is 5.16. The quantitative estimate of drug-likeness (QED) is 0.409. The average Bonchev–Trinajstić information content (AvgIpc) is 3.12. The molecular formula is C21H18N4OS. The van der Waals surface area contributed by atoms with Crippen LogP contribution in [0.4, 0.5) is 0 Å². The zero-order valence-electron chi connectivity index (χ0n) is 14.6. The number of para-hydroxylation sites is 3. The summed E-state index contributed by atoms with van der Waals surface area (Å²) in [6, 6.07) is 15.8. The molecule has 2 aromatic carbocycles. The van der Waals surface area contributed by atoms with Crippen LogP contribution in [-0.2, 0) is 11.2 Å². The predicted octanol–water partition coefficient (Wildman–Crippen LogP) is 4.00. The number of carbonyl (C=O) groups excluding carboxylic acids is 1. The van der Waals surface area contributed by atoms with Gasteiger partial charge in [-0.15, -0.1) is 11.3 Å².